The van der Waals surface area contributed by atoms with Crippen molar-refractivity contribution in [3.63, 3.8) is 0 Å². The second-order valence-electron chi connectivity index (χ2n) is 4.62. The van der Waals surface area contributed by atoms with E-state index in [-0.39, 0.29) is 0 Å². The van der Waals surface area contributed by atoms with Gasteiger partial charge in [0.05, 0.1) is 0 Å². The molecule has 1 heterocycles. The van der Waals surface area contributed by atoms with Crippen LogP contribution < -0.4 is 5.32 Å². The van der Waals surface area contributed by atoms with Gasteiger partial charge in [-0.15, -0.1) is 0 Å². The lowest BCUT2D eigenvalue weighted by atomic mass is 10.0. The highest BCUT2D eigenvalue weighted by molar-refractivity contribution is 8.00. The zero-order valence-corrected chi connectivity index (χ0v) is 13.4. The lowest BCUT2D eigenvalue weighted by molar-refractivity contribution is 0.657. The van der Waals surface area contributed by atoms with Crippen LogP contribution in [0, 0.1) is 20.8 Å². The Morgan fingerprint density at radius 1 is 1.32 bits per heavy atom. The summed E-state index contributed by atoms with van der Waals surface area (Å²) in [7, 11) is 2.01. The fraction of sp³-hybridized carbons (Fsp3) is 0.429. The molecule has 1 unspecified atom stereocenters. The third-order valence-corrected chi connectivity index (χ3v) is 5.05. The van der Waals surface area contributed by atoms with Gasteiger partial charge in [0.25, 0.3) is 0 Å². The Hall–Kier alpha value is -0.910. The predicted octanol–water partition coefficient (Wildman–Crippen LogP) is 3.52. The molecule has 0 bridgehead atoms. The summed E-state index contributed by atoms with van der Waals surface area (Å²) in [6.45, 7) is 6.23. The first-order valence-electron chi connectivity index (χ1n) is 6.27. The highest BCUT2D eigenvalue weighted by Gasteiger charge is 2.13. The van der Waals surface area contributed by atoms with Crippen molar-refractivity contribution in [2.45, 2.75) is 31.2 Å². The van der Waals surface area contributed by atoms with Gasteiger partial charge in [0.2, 0.25) is 0 Å². The molecule has 0 amide bonds. The van der Waals surface area contributed by atoms with Crippen LogP contribution in [-0.2, 0) is 0 Å². The van der Waals surface area contributed by atoms with E-state index < -0.39 is 0 Å². The fourth-order valence-electron chi connectivity index (χ4n) is 2.04. The zero-order chi connectivity index (χ0) is 13.8. The number of aryl methyl sites for hydroxylation is 3. The first kappa shape index (κ1) is 14.5. The van der Waals surface area contributed by atoms with Gasteiger partial charge in [-0.2, -0.15) is 4.37 Å². The average Bonchev–Trinajstić information content (AvgIpc) is 2.78. The number of thioether (sulfide) groups is 1. The van der Waals surface area contributed by atoms with Crippen LogP contribution in [0.15, 0.2) is 22.5 Å². The van der Waals surface area contributed by atoms with E-state index >= 15 is 0 Å². The maximum Gasteiger partial charge on any atom is 0.170 e. The molecule has 0 radical (unpaired) electrons. The van der Waals surface area contributed by atoms with Crippen LogP contribution in [0.5, 0.6) is 0 Å². The minimum absolute atomic E-state index is 0.342. The molecule has 1 aromatic heterocycles. The second-order valence-corrected chi connectivity index (χ2v) is 6.64. The summed E-state index contributed by atoms with van der Waals surface area (Å²) in [5, 5.41) is 3.39. The topological polar surface area (TPSA) is 37.8 Å². The molecule has 0 saturated heterocycles. The minimum Gasteiger partial charge on any atom is -0.312 e. The first-order valence-corrected chi connectivity index (χ1v) is 8.03. The van der Waals surface area contributed by atoms with Crippen LogP contribution in [0.25, 0.3) is 0 Å². The number of benzene rings is 1. The van der Waals surface area contributed by atoms with Gasteiger partial charge in [-0.25, -0.2) is 4.98 Å². The maximum atomic E-state index is 4.39. The van der Waals surface area contributed by atoms with Gasteiger partial charge < -0.3 is 5.32 Å². The normalized spacial score (nSPS) is 12.6. The van der Waals surface area contributed by atoms with Gasteiger partial charge in [0, 0.05) is 11.8 Å². The Kier molecular flexibility index (Phi) is 4.96. The van der Waals surface area contributed by atoms with Crippen LogP contribution in [0.3, 0.4) is 0 Å². The van der Waals surface area contributed by atoms with Crippen molar-refractivity contribution < 1.29 is 0 Å². The van der Waals surface area contributed by atoms with Crippen molar-refractivity contribution in [1.29, 1.82) is 0 Å². The highest BCUT2D eigenvalue weighted by atomic mass is 32.2. The SMILES string of the molecule is CNC(CSc1nc(C)ns1)c1ccc(C)cc1C. The molecule has 2 aromatic rings. The smallest absolute Gasteiger partial charge is 0.170 e. The van der Waals surface area contributed by atoms with Gasteiger partial charge in [-0.05, 0) is 50.5 Å². The molecule has 1 atom stereocenters. The van der Waals surface area contributed by atoms with E-state index in [1.165, 1.54) is 28.2 Å². The largest absolute Gasteiger partial charge is 0.312 e. The van der Waals surface area contributed by atoms with Crippen molar-refractivity contribution in [2.75, 3.05) is 12.8 Å². The number of nitrogens with zero attached hydrogens (tertiary/aromatic N) is 2. The van der Waals surface area contributed by atoms with Crippen molar-refractivity contribution in [1.82, 2.24) is 14.7 Å². The van der Waals surface area contributed by atoms with Crippen LogP contribution in [-0.4, -0.2) is 22.2 Å². The molecule has 0 spiro atoms. The van der Waals surface area contributed by atoms with Crippen LogP contribution >= 0.6 is 23.3 Å². The minimum atomic E-state index is 0.342. The molecule has 0 aliphatic rings. The second kappa shape index (κ2) is 6.50. The molecule has 1 aromatic carbocycles. The summed E-state index contributed by atoms with van der Waals surface area (Å²) in [6, 6.07) is 6.97. The van der Waals surface area contributed by atoms with Gasteiger partial charge in [0.1, 0.15) is 5.82 Å². The summed E-state index contributed by atoms with van der Waals surface area (Å²) in [4.78, 5) is 4.39. The quantitative estimate of drug-likeness (QED) is 0.856. The van der Waals surface area contributed by atoms with E-state index in [2.05, 4.69) is 46.7 Å². The lowest BCUT2D eigenvalue weighted by Gasteiger charge is -2.18. The Balaban J connectivity index is 2.07. The summed E-state index contributed by atoms with van der Waals surface area (Å²) < 4.78 is 5.26. The number of nitrogens with one attached hydrogen (secondary N) is 1. The molecule has 0 saturated carbocycles. The molecule has 0 aliphatic carbocycles. The Morgan fingerprint density at radius 3 is 2.68 bits per heavy atom. The third-order valence-electron chi connectivity index (χ3n) is 3.03. The van der Waals surface area contributed by atoms with Crippen LogP contribution in [0.2, 0.25) is 0 Å². The molecule has 0 aliphatic heterocycles. The molecule has 0 fully saturated rings. The van der Waals surface area contributed by atoms with Gasteiger partial charge >= 0.3 is 0 Å². The molecular weight excluding hydrogens is 274 g/mol. The van der Waals surface area contributed by atoms with Crippen molar-refractivity contribution in [3.8, 4) is 0 Å². The Labute approximate surface area is 123 Å². The van der Waals surface area contributed by atoms with Crippen LogP contribution in [0.4, 0.5) is 0 Å². The molecule has 3 nitrogen and oxygen atoms in total. The maximum absolute atomic E-state index is 4.39. The molecule has 5 heteroatoms. The lowest BCUT2D eigenvalue weighted by Crippen LogP contribution is -2.19. The predicted molar refractivity (Wildman–Crippen MR) is 83.1 cm³/mol. The highest BCUT2D eigenvalue weighted by Crippen LogP contribution is 2.27. The van der Waals surface area contributed by atoms with E-state index in [4.69, 9.17) is 0 Å². The number of aromatic nitrogens is 2. The third kappa shape index (κ3) is 3.78. The number of hydrogen-bond acceptors (Lipinski definition) is 5. The van der Waals surface area contributed by atoms with Gasteiger partial charge in [-0.3, -0.25) is 0 Å². The standard InChI is InChI=1S/C14H19N3S2/c1-9-5-6-12(10(2)7-9)13(15-4)8-18-14-16-11(3)17-19-14/h5-7,13,15H,8H2,1-4H3. The van der Waals surface area contributed by atoms with E-state index in [0.717, 1.165) is 15.9 Å². The summed E-state index contributed by atoms with van der Waals surface area (Å²) >= 11 is 3.24. The van der Waals surface area contributed by atoms with Crippen molar-refractivity contribution in [3.05, 3.63) is 40.7 Å². The molecule has 19 heavy (non-hydrogen) atoms. The average molecular weight is 293 g/mol. The monoisotopic (exact) mass is 293 g/mol. The Bertz CT molecular complexity index is 551. The van der Waals surface area contributed by atoms with Crippen LogP contribution in [0.1, 0.15) is 28.6 Å². The fourth-order valence-corrected chi connectivity index (χ4v) is 3.84. The molecule has 2 rings (SSSR count). The summed E-state index contributed by atoms with van der Waals surface area (Å²) in [6.07, 6.45) is 0. The van der Waals surface area contributed by atoms with E-state index in [1.807, 2.05) is 14.0 Å². The molecule has 1 N–H and O–H groups in total. The summed E-state index contributed by atoms with van der Waals surface area (Å²) in [5.74, 6) is 1.83. The first-order chi connectivity index (χ1) is 9.10. The number of hydrogen-bond donors (Lipinski definition) is 1. The molecular formula is C14H19N3S2. The van der Waals surface area contributed by atoms with Gasteiger partial charge in [-0.1, -0.05) is 35.5 Å². The zero-order valence-electron chi connectivity index (χ0n) is 11.7. The van der Waals surface area contributed by atoms with Crippen molar-refractivity contribution >= 4 is 23.3 Å². The molecule has 102 valence electrons. The van der Waals surface area contributed by atoms with Gasteiger partial charge in [0.15, 0.2) is 4.34 Å². The van der Waals surface area contributed by atoms with E-state index in [9.17, 15) is 0 Å². The van der Waals surface area contributed by atoms with E-state index in [0.29, 0.717) is 6.04 Å². The number of rotatable bonds is 5. The van der Waals surface area contributed by atoms with Crippen molar-refractivity contribution in [2.24, 2.45) is 0 Å². The summed E-state index contributed by atoms with van der Waals surface area (Å²) in [5.41, 5.74) is 4.01. The van der Waals surface area contributed by atoms with E-state index in [1.54, 1.807) is 11.8 Å². The Morgan fingerprint density at radius 2 is 2.11 bits per heavy atom.